The van der Waals surface area contributed by atoms with E-state index >= 15 is 0 Å². The van der Waals surface area contributed by atoms with Gasteiger partial charge in [0, 0.05) is 4.80 Å². The number of H-pyrrole nitrogens is 1. The monoisotopic (exact) mass is 102 g/mol. The van der Waals surface area contributed by atoms with Crippen molar-refractivity contribution in [3.63, 3.8) is 0 Å². The van der Waals surface area contributed by atoms with Crippen molar-refractivity contribution < 1.29 is 9.32 Å². The molecule has 1 rings (SSSR count). The lowest BCUT2D eigenvalue weighted by atomic mass is 11.4. The van der Waals surface area contributed by atoms with Crippen molar-refractivity contribution in [2.24, 2.45) is 7.05 Å². The standard InChI is InChI=1S/C2H3N3O2/c1-5-3-2(6)7-4-5/h1H3/p+1. The van der Waals surface area contributed by atoms with E-state index in [1.807, 2.05) is 0 Å². The normalized spacial score (nSPS) is 9.29. The van der Waals surface area contributed by atoms with Crippen LogP contribution in [0.3, 0.4) is 0 Å². The molecule has 0 aliphatic carbocycles. The molecule has 0 aromatic carbocycles. The molecule has 5 heteroatoms. The molecular formula is C2H4N3O2+. The van der Waals surface area contributed by atoms with Crippen LogP contribution in [0.1, 0.15) is 0 Å². The summed E-state index contributed by atoms with van der Waals surface area (Å²) in [4.78, 5) is 11.2. The average Bonchev–Trinajstić information content (AvgIpc) is 1.87. The van der Waals surface area contributed by atoms with E-state index in [0.29, 0.717) is 0 Å². The fourth-order valence-corrected chi connectivity index (χ4v) is 0.271. The largest absolute Gasteiger partial charge is 0.492 e. The van der Waals surface area contributed by atoms with Crippen LogP contribution >= 0.6 is 0 Å². The molecule has 0 fully saturated rings. The zero-order valence-corrected chi connectivity index (χ0v) is 3.71. The van der Waals surface area contributed by atoms with E-state index in [4.69, 9.17) is 0 Å². The van der Waals surface area contributed by atoms with Crippen LogP contribution in [0.25, 0.3) is 0 Å². The third-order valence-electron chi connectivity index (χ3n) is 0.499. The molecule has 0 aliphatic rings. The summed E-state index contributed by atoms with van der Waals surface area (Å²) in [5, 5.41) is 5.41. The van der Waals surface area contributed by atoms with Gasteiger partial charge >= 0.3 is 5.76 Å². The molecule has 0 aliphatic heterocycles. The smallest absolute Gasteiger partial charge is 0.240 e. The van der Waals surface area contributed by atoms with Crippen LogP contribution in [0.15, 0.2) is 9.32 Å². The number of hydrogen-bond donors (Lipinski definition) is 1. The van der Waals surface area contributed by atoms with Crippen molar-refractivity contribution in [2.45, 2.75) is 0 Å². The lowest BCUT2D eigenvalue weighted by Gasteiger charge is -1.54. The molecule has 0 spiro atoms. The number of rotatable bonds is 0. The Morgan fingerprint density at radius 3 is 2.86 bits per heavy atom. The van der Waals surface area contributed by atoms with Crippen LogP contribution in [0.2, 0.25) is 0 Å². The zero-order valence-electron chi connectivity index (χ0n) is 3.71. The molecule has 1 aromatic heterocycles. The van der Waals surface area contributed by atoms with E-state index in [9.17, 15) is 4.79 Å². The zero-order chi connectivity index (χ0) is 5.28. The third-order valence-corrected chi connectivity index (χ3v) is 0.499. The van der Waals surface area contributed by atoms with Crippen LogP contribution in [0.5, 0.6) is 0 Å². The SMILES string of the molecule is C[n+]1noc(=O)[nH]1. The second-order valence-corrected chi connectivity index (χ2v) is 1.10. The molecule has 0 radical (unpaired) electrons. The fraction of sp³-hybridized carbons (Fsp3) is 0.500. The molecular weight excluding hydrogens is 98.0 g/mol. The number of nitrogens with zero attached hydrogens (tertiary/aromatic N) is 2. The molecule has 0 saturated carbocycles. The van der Waals surface area contributed by atoms with Crippen molar-refractivity contribution in [2.75, 3.05) is 0 Å². The third kappa shape index (κ3) is 0.648. The average molecular weight is 102 g/mol. The van der Waals surface area contributed by atoms with Gasteiger partial charge in [0.25, 0.3) is 0 Å². The van der Waals surface area contributed by atoms with Crippen molar-refractivity contribution in [1.29, 1.82) is 0 Å². The Bertz CT molecular complexity index is 199. The highest BCUT2D eigenvalue weighted by molar-refractivity contribution is 4.22. The Balaban J connectivity index is 3.30. The second-order valence-electron chi connectivity index (χ2n) is 1.10. The minimum absolute atomic E-state index is 0.539. The summed E-state index contributed by atoms with van der Waals surface area (Å²) in [6.45, 7) is 0. The van der Waals surface area contributed by atoms with Gasteiger partial charge in [-0.3, -0.25) is 0 Å². The second kappa shape index (κ2) is 1.18. The topological polar surface area (TPSA) is 62.8 Å². The van der Waals surface area contributed by atoms with E-state index in [-0.39, 0.29) is 0 Å². The first kappa shape index (κ1) is 4.04. The first-order valence-electron chi connectivity index (χ1n) is 1.71. The maximum absolute atomic E-state index is 9.98. The summed E-state index contributed by atoms with van der Waals surface area (Å²) < 4.78 is 4.07. The Labute approximate surface area is 38.5 Å². The highest BCUT2D eigenvalue weighted by Gasteiger charge is 1.94. The number of nitrogens with one attached hydrogen (secondary N) is 1. The highest BCUT2D eigenvalue weighted by atomic mass is 16.5. The van der Waals surface area contributed by atoms with Crippen LogP contribution in [0, 0.1) is 0 Å². The van der Waals surface area contributed by atoms with Gasteiger partial charge in [0.15, 0.2) is 7.05 Å². The van der Waals surface area contributed by atoms with Crippen molar-refractivity contribution in [1.82, 2.24) is 10.4 Å². The van der Waals surface area contributed by atoms with Crippen LogP contribution in [-0.2, 0) is 7.05 Å². The van der Waals surface area contributed by atoms with Crippen LogP contribution in [0.4, 0.5) is 0 Å². The van der Waals surface area contributed by atoms with Crippen molar-refractivity contribution in [3.8, 4) is 0 Å². The van der Waals surface area contributed by atoms with Gasteiger partial charge in [0.05, 0.1) is 0 Å². The van der Waals surface area contributed by atoms with Gasteiger partial charge in [-0.25, -0.2) is 9.32 Å². The van der Waals surface area contributed by atoms with Gasteiger partial charge in [0.1, 0.15) is 0 Å². The number of hydrogen-bond acceptors (Lipinski definition) is 3. The highest BCUT2D eigenvalue weighted by Crippen LogP contribution is 1.40. The van der Waals surface area contributed by atoms with Gasteiger partial charge in [-0.2, -0.15) is 0 Å². The van der Waals surface area contributed by atoms with E-state index in [1.165, 1.54) is 4.80 Å². The molecule has 1 heterocycles. The van der Waals surface area contributed by atoms with Gasteiger partial charge < -0.3 is 0 Å². The lowest BCUT2D eigenvalue weighted by molar-refractivity contribution is -0.791. The lowest BCUT2D eigenvalue weighted by Crippen LogP contribution is -2.34. The van der Waals surface area contributed by atoms with Gasteiger partial charge in [-0.05, 0) is 0 Å². The number of aryl methyl sites for hydroxylation is 1. The molecule has 7 heavy (non-hydrogen) atoms. The molecule has 0 amide bonds. The summed E-state index contributed by atoms with van der Waals surface area (Å²) >= 11 is 0. The molecule has 1 N–H and O–H groups in total. The summed E-state index contributed by atoms with van der Waals surface area (Å²) in [5.74, 6) is -0.539. The minimum Gasteiger partial charge on any atom is -0.240 e. The first-order valence-corrected chi connectivity index (χ1v) is 1.71. The van der Waals surface area contributed by atoms with E-state index in [2.05, 4.69) is 14.9 Å². The summed E-state index contributed by atoms with van der Waals surface area (Å²) in [6, 6.07) is 0. The molecule has 1 aromatic rings. The minimum atomic E-state index is -0.539. The quantitative estimate of drug-likeness (QED) is 0.392. The maximum atomic E-state index is 9.98. The van der Waals surface area contributed by atoms with Crippen molar-refractivity contribution in [3.05, 3.63) is 10.6 Å². The Morgan fingerprint density at radius 1 is 2.00 bits per heavy atom. The van der Waals surface area contributed by atoms with E-state index in [0.717, 1.165) is 0 Å². The summed E-state index contributed by atoms with van der Waals surface area (Å²) in [5.41, 5.74) is 0. The fourth-order valence-electron chi connectivity index (χ4n) is 0.271. The Hall–Kier alpha value is -1.13. The van der Waals surface area contributed by atoms with Crippen LogP contribution in [-0.4, -0.2) is 10.4 Å². The van der Waals surface area contributed by atoms with E-state index in [1.54, 1.807) is 7.05 Å². The maximum Gasteiger partial charge on any atom is 0.492 e. The van der Waals surface area contributed by atoms with Crippen LogP contribution < -0.4 is 10.6 Å². The molecule has 38 valence electrons. The number of aromatic amines is 1. The van der Waals surface area contributed by atoms with Gasteiger partial charge in [0.2, 0.25) is 5.27 Å². The first-order chi connectivity index (χ1) is 3.29. The molecule has 5 nitrogen and oxygen atoms in total. The summed E-state index contributed by atoms with van der Waals surface area (Å²) in [7, 11) is 1.56. The number of aromatic nitrogens is 3. The van der Waals surface area contributed by atoms with Crippen molar-refractivity contribution >= 4 is 0 Å². The van der Waals surface area contributed by atoms with E-state index < -0.39 is 5.76 Å². The molecule has 0 bridgehead atoms. The Kier molecular flexibility index (Phi) is 0.680. The molecule has 0 atom stereocenters. The molecule has 0 unspecified atom stereocenters. The molecule has 0 saturated heterocycles. The van der Waals surface area contributed by atoms with Gasteiger partial charge in [-0.15, -0.1) is 0 Å². The Morgan fingerprint density at radius 2 is 2.71 bits per heavy atom. The predicted molar refractivity (Wildman–Crippen MR) is 18.3 cm³/mol. The van der Waals surface area contributed by atoms with Gasteiger partial charge in [-0.1, -0.05) is 5.10 Å². The summed E-state index contributed by atoms with van der Waals surface area (Å²) in [6.07, 6.45) is 0. The predicted octanol–water partition coefficient (Wildman–Crippen LogP) is -1.81.